The second-order valence-corrected chi connectivity index (χ2v) is 5.47. The summed E-state index contributed by atoms with van der Waals surface area (Å²) in [4.78, 5) is 16.5. The number of amides is 1. The van der Waals surface area contributed by atoms with Crippen molar-refractivity contribution in [1.29, 1.82) is 0 Å². The smallest absolute Gasteiger partial charge is 0.287 e. The Balaban J connectivity index is 1.63. The second kappa shape index (κ2) is 7.94. The average molecular weight is 332 g/mol. The molecule has 1 N–H and O–H groups in total. The minimum Gasteiger partial charge on any atom is -0.472 e. The van der Waals surface area contributed by atoms with Crippen LogP contribution in [0.15, 0.2) is 40.9 Å². The second-order valence-electron chi connectivity index (χ2n) is 5.47. The van der Waals surface area contributed by atoms with Crippen LogP contribution in [-0.4, -0.2) is 43.4 Å². The number of methoxy groups -OCH3 is 1. The molecule has 2 aromatic rings. The van der Waals surface area contributed by atoms with Crippen LogP contribution < -0.4 is 10.1 Å². The topological polar surface area (TPSA) is 82.8 Å². The summed E-state index contributed by atoms with van der Waals surface area (Å²) in [6.07, 6.45) is 2.14. The fourth-order valence-corrected chi connectivity index (χ4v) is 2.53. The lowest BCUT2D eigenvalue weighted by Crippen LogP contribution is -2.51. The Morgan fingerprint density at radius 2 is 2.29 bits per heavy atom. The molecule has 24 heavy (non-hydrogen) atoms. The highest BCUT2D eigenvalue weighted by Gasteiger charge is 2.30. The number of nitrogens with zero attached hydrogens (tertiary/aromatic N) is 1. The van der Waals surface area contributed by atoms with Crippen molar-refractivity contribution in [3.63, 3.8) is 0 Å². The predicted octanol–water partition coefficient (Wildman–Crippen LogP) is 1.79. The minimum atomic E-state index is -0.303. The first-order valence-electron chi connectivity index (χ1n) is 7.80. The Hall–Kier alpha value is -2.38. The van der Waals surface area contributed by atoms with Gasteiger partial charge < -0.3 is 23.9 Å². The van der Waals surface area contributed by atoms with Crippen LogP contribution in [0, 0.1) is 0 Å². The van der Waals surface area contributed by atoms with Gasteiger partial charge in [-0.05, 0) is 18.2 Å². The molecule has 0 radical (unpaired) electrons. The first kappa shape index (κ1) is 16.5. The highest BCUT2D eigenvalue weighted by Crippen LogP contribution is 2.17. The normalized spacial score (nSPS) is 20.5. The lowest BCUT2D eigenvalue weighted by atomic mass is 10.1. The molecule has 1 fully saturated rings. The Kier molecular flexibility index (Phi) is 5.45. The number of hydrogen-bond acceptors (Lipinski definition) is 6. The molecule has 1 saturated heterocycles. The highest BCUT2D eigenvalue weighted by molar-refractivity contribution is 5.91. The standard InChI is InChI=1S/C17H20N2O5/c1-21-10-12-5-6-15(23-12)17(20)19-13-11-22-9-7-14(13)24-16-4-2-3-8-18-16/h2-6,8,13-14H,7,9-11H2,1H3,(H,19,20)/t13-,14-/m1/s1. The van der Waals surface area contributed by atoms with Crippen LogP contribution in [0.4, 0.5) is 0 Å². The van der Waals surface area contributed by atoms with Gasteiger partial charge in [0, 0.05) is 25.8 Å². The average Bonchev–Trinajstić information content (AvgIpc) is 3.07. The molecule has 7 heteroatoms. The SMILES string of the molecule is COCc1ccc(C(=O)N[C@@H]2COCC[C@H]2Oc2ccccn2)o1. The van der Waals surface area contributed by atoms with Crippen LogP contribution in [0.5, 0.6) is 5.88 Å². The molecule has 3 heterocycles. The number of carbonyl (C=O) groups is 1. The van der Waals surface area contributed by atoms with Crippen molar-refractivity contribution in [2.75, 3.05) is 20.3 Å². The maximum absolute atomic E-state index is 12.4. The number of rotatable bonds is 6. The van der Waals surface area contributed by atoms with E-state index in [9.17, 15) is 4.79 Å². The van der Waals surface area contributed by atoms with Gasteiger partial charge in [-0.15, -0.1) is 0 Å². The van der Waals surface area contributed by atoms with Crippen molar-refractivity contribution >= 4 is 5.91 Å². The highest BCUT2D eigenvalue weighted by atomic mass is 16.5. The molecule has 0 spiro atoms. The van der Waals surface area contributed by atoms with E-state index >= 15 is 0 Å². The number of aromatic nitrogens is 1. The molecule has 128 valence electrons. The van der Waals surface area contributed by atoms with Crippen LogP contribution in [0.3, 0.4) is 0 Å². The van der Waals surface area contributed by atoms with Crippen LogP contribution in [0.25, 0.3) is 0 Å². The van der Waals surface area contributed by atoms with Crippen LogP contribution in [0.1, 0.15) is 22.7 Å². The van der Waals surface area contributed by atoms with Gasteiger partial charge in [0.1, 0.15) is 18.5 Å². The Labute approximate surface area is 139 Å². The molecule has 0 unspecified atom stereocenters. The maximum atomic E-state index is 12.4. The van der Waals surface area contributed by atoms with Gasteiger partial charge in [0.2, 0.25) is 5.88 Å². The maximum Gasteiger partial charge on any atom is 0.287 e. The van der Waals surface area contributed by atoms with E-state index in [2.05, 4.69) is 10.3 Å². The van der Waals surface area contributed by atoms with Crippen molar-refractivity contribution in [2.45, 2.75) is 25.2 Å². The predicted molar refractivity (Wildman–Crippen MR) is 84.8 cm³/mol. The quantitative estimate of drug-likeness (QED) is 0.868. The van der Waals surface area contributed by atoms with Gasteiger partial charge in [0.05, 0.1) is 19.3 Å². The summed E-state index contributed by atoms with van der Waals surface area (Å²) in [5.74, 6) is 1.07. The Bertz CT molecular complexity index is 658. The minimum absolute atomic E-state index is 0.203. The third kappa shape index (κ3) is 4.12. The van der Waals surface area contributed by atoms with Crippen molar-refractivity contribution in [3.8, 4) is 5.88 Å². The number of furan rings is 1. The lowest BCUT2D eigenvalue weighted by Gasteiger charge is -2.31. The molecule has 0 aromatic carbocycles. The summed E-state index contributed by atoms with van der Waals surface area (Å²) in [5.41, 5.74) is 0. The van der Waals surface area contributed by atoms with Crippen LogP contribution >= 0.6 is 0 Å². The van der Waals surface area contributed by atoms with E-state index < -0.39 is 0 Å². The van der Waals surface area contributed by atoms with Crippen molar-refractivity contribution in [2.24, 2.45) is 0 Å². The van der Waals surface area contributed by atoms with Gasteiger partial charge in [-0.25, -0.2) is 4.98 Å². The zero-order valence-corrected chi connectivity index (χ0v) is 13.4. The number of ether oxygens (including phenoxy) is 3. The zero-order chi connectivity index (χ0) is 16.8. The zero-order valence-electron chi connectivity index (χ0n) is 13.4. The third-order valence-electron chi connectivity index (χ3n) is 3.69. The number of nitrogens with one attached hydrogen (secondary N) is 1. The molecule has 7 nitrogen and oxygen atoms in total. The van der Waals surface area contributed by atoms with Crippen molar-refractivity contribution < 1.29 is 23.4 Å². The monoisotopic (exact) mass is 332 g/mol. The van der Waals surface area contributed by atoms with Gasteiger partial charge in [0.25, 0.3) is 5.91 Å². The van der Waals surface area contributed by atoms with Gasteiger partial charge in [-0.3, -0.25) is 4.79 Å². The molecule has 1 aliphatic rings. The molecular weight excluding hydrogens is 312 g/mol. The van der Waals surface area contributed by atoms with E-state index in [0.717, 1.165) is 0 Å². The van der Waals surface area contributed by atoms with Crippen molar-refractivity contribution in [1.82, 2.24) is 10.3 Å². The molecule has 2 atom stereocenters. The van der Waals surface area contributed by atoms with Crippen LogP contribution in [0.2, 0.25) is 0 Å². The van der Waals surface area contributed by atoms with Gasteiger partial charge in [-0.2, -0.15) is 0 Å². The molecule has 0 saturated carbocycles. The summed E-state index contributed by atoms with van der Waals surface area (Å²) < 4.78 is 21.8. The molecule has 1 amide bonds. The first-order chi connectivity index (χ1) is 11.8. The Morgan fingerprint density at radius 3 is 3.08 bits per heavy atom. The van der Waals surface area contributed by atoms with Crippen LogP contribution in [-0.2, 0) is 16.1 Å². The summed E-state index contributed by atoms with van der Waals surface area (Å²) in [7, 11) is 1.57. The van der Waals surface area contributed by atoms with E-state index in [1.165, 1.54) is 0 Å². The molecule has 1 aliphatic heterocycles. The molecular formula is C17H20N2O5. The summed E-state index contributed by atoms with van der Waals surface area (Å²) in [6, 6.07) is 8.54. The van der Waals surface area contributed by atoms with E-state index in [1.807, 2.05) is 12.1 Å². The van der Waals surface area contributed by atoms with Gasteiger partial charge in [0.15, 0.2) is 5.76 Å². The summed E-state index contributed by atoms with van der Waals surface area (Å²) in [5, 5.41) is 2.91. The molecule has 0 aliphatic carbocycles. The Morgan fingerprint density at radius 1 is 1.38 bits per heavy atom. The summed E-state index contributed by atoms with van der Waals surface area (Å²) in [6.45, 7) is 1.29. The lowest BCUT2D eigenvalue weighted by molar-refractivity contribution is -0.00484. The van der Waals surface area contributed by atoms with E-state index in [4.69, 9.17) is 18.6 Å². The summed E-state index contributed by atoms with van der Waals surface area (Å²) >= 11 is 0. The van der Waals surface area contributed by atoms with E-state index in [0.29, 0.717) is 37.9 Å². The van der Waals surface area contributed by atoms with Gasteiger partial charge in [-0.1, -0.05) is 6.07 Å². The molecule has 0 bridgehead atoms. The fourth-order valence-electron chi connectivity index (χ4n) is 2.53. The number of hydrogen-bond donors (Lipinski definition) is 1. The fraction of sp³-hybridized carbons (Fsp3) is 0.412. The molecule has 2 aromatic heterocycles. The van der Waals surface area contributed by atoms with E-state index in [1.54, 1.807) is 31.5 Å². The number of pyridine rings is 1. The van der Waals surface area contributed by atoms with Gasteiger partial charge >= 0.3 is 0 Å². The first-order valence-corrected chi connectivity index (χ1v) is 7.80. The molecule has 3 rings (SSSR count). The van der Waals surface area contributed by atoms with Crippen molar-refractivity contribution in [3.05, 3.63) is 48.0 Å². The largest absolute Gasteiger partial charge is 0.472 e. The number of carbonyl (C=O) groups excluding carboxylic acids is 1. The third-order valence-corrected chi connectivity index (χ3v) is 3.69. The van der Waals surface area contributed by atoms with E-state index in [-0.39, 0.29) is 23.8 Å².